The van der Waals surface area contributed by atoms with Gasteiger partial charge in [-0.25, -0.2) is 0 Å². The zero-order chi connectivity index (χ0) is 14.1. The smallest absolute Gasteiger partial charge is 0.161 e. The van der Waals surface area contributed by atoms with Crippen LogP contribution in [0.25, 0.3) is 0 Å². The maximum Gasteiger partial charge on any atom is 0.161 e. The fraction of sp³-hybridized carbons (Fsp3) is 0.625. The largest absolute Gasteiger partial charge is 0.493 e. The van der Waals surface area contributed by atoms with Gasteiger partial charge in [0.2, 0.25) is 0 Å². The third kappa shape index (κ3) is 5.52. The van der Waals surface area contributed by atoms with Crippen LogP contribution in [0.15, 0.2) is 18.2 Å². The molecule has 0 fully saturated rings. The number of benzene rings is 1. The SMILES string of the molecule is CCCCOc1ccc(CN[C@H](C)CC)cc1OC. The Morgan fingerprint density at radius 2 is 2.00 bits per heavy atom. The molecule has 1 atom stereocenters. The summed E-state index contributed by atoms with van der Waals surface area (Å²) in [5.74, 6) is 1.66. The van der Waals surface area contributed by atoms with Gasteiger partial charge in [-0.15, -0.1) is 0 Å². The lowest BCUT2D eigenvalue weighted by Crippen LogP contribution is -2.24. The number of rotatable bonds is 9. The van der Waals surface area contributed by atoms with Crippen LogP contribution < -0.4 is 14.8 Å². The maximum atomic E-state index is 5.72. The molecule has 1 N–H and O–H groups in total. The summed E-state index contributed by atoms with van der Waals surface area (Å²) in [6.07, 6.45) is 3.34. The molecule has 0 radical (unpaired) electrons. The minimum atomic E-state index is 0.534. The third-order valence-corrected chi connectivity index (χ3v) is 3.25. The van der Waals surface area contributed by atoms with Crippen molar-refractivity contribution in [3.8, 4) is 11.5 Å². The standard InChI is InChI=1S/C16H27NO2/c1-5-7-10-19-15-9-8-14(11-16(15)18-4)12-17-13(3)6-2/h8-9,11,13,17H,5-7,10,12H2,1-4H3/t13-/m1/s1. The second-order valence-electron chi connectivity index (χ2n) is 4.88. The number of hydrogen-bond acceptors (Lipinski definition) is 3. The Kier molecular flexibility index (Phi) is 7.34. The molecular formula is C16H27NO2. The van der Waals surface area contributed by atoms with Crippen LogP contribution >= 0.6 is 0 Å². The molecular weight excluding hydrogens is 238 g/mol. The van der Waals surface area contributed by atoms with Gasteiger partial charge in [-0.05, 0) is 37.5 Å². The first-order valence-electron chi connectivity index (χ1n) is 7.24. The van der Waals surface area contributed by atoms with E-state index in [4.69, 9.17) is 9.47 Å². The number of ether oxygens (including phenoxy) is 2. The quantitative estimate of drug-likeness (QED) is 0.690. The topological polar surface area (TPSA) is 30.5 Å². The molecule has 0 aromatic heterocycles. The van der Waals surface area contributed by atoms with Crippen molar-refractivity contribution >= 4 is 0 Å². The summed E-state index contributed by atoms with van der Waals surface area (Å²) < 4.78 is 11.1. The minimum absolute atomic E-state index is 0.534. The first-order valence-corrected chi connectivity index (χ1v) is 7.24. The molecule has 108 valence electrons. The van der Waals surface area contributed by atoms with Gasteiger partial charge in [0.05, 0.1) is 13.7 Å². The molecule has 19 heavy (non-hydrogen) atoms. The fourth-order valence-corrected chi connectivity index (χ4v) is 1.70. The van der Waals surface area contributed by atoms with Crippen molar-refractivity contribution in [2.45, 2.75) is 52.6 Å². The van der Waals surface area contributed by atoms with Gasteiger partial charge in [-0.2, -0.15) is 0 Å². The van der Waals surface area contributed by atoms with Crippen molar-refractivity contribution in [3.63, 3.8) is 0 Å². The van der Waals surface area contributed by atoms with E-state index in [1.165, 1.54) is 5.56 Å². The van der Waals surface area contributed by atoms with Gasteiger partial charge in [0, 0.05) is 12.6 Å². The Morgan fingerprint density at radius 3 is 2.63 bits per heavy atom. The average molecular weight is 265 g/mol. The molecule has 0 aliphatic heterocycles. The van der Waals surface area contributed by atoms with Crippen LogP contribution in [0.1, 0.15) is 45.6 Å². The van der Waals surface area contributed by atoms with Crippen molar-refractivity contribution in [1.29, 1.82) is 0 Å². The van der Waals surface area contributed by atoms with E-state index in [1.54, 1.807) is 7.11 Å². The Hall–Kier alpha value is -1.22. The molecule has 0 aliphatic carbocycles. The molecule has 1 aromatic carbocycles. The van der Waals surface area contributed by atoms with Crippen LogP contribution in [0.4, 0.5) is 0 Å². The number of unbranched alkanes of at least 4 members (excludes halogenated alkanes) is 1. The van der Waals surface area contributed by atoms with E-state index in [0.29, 0.717) is 6.04 Å². The summed E-state index contributed by atoms with van der Waals surface area (Å²) >= 11 is 0. The first kappa shape index (κ1) is 15.8. The Morgan fingerprint density at radius 1 is 1.21 bits per heavy atom. The molecule has 0 bridgehead atoms. The zero-order valence-corrected chi connectivity index (χ0v) is 12.7. The average Bonchev–Trinajstić information content (AvgIpc) is 2.45. The molecule has 0 unspecified atom stereocenters. The Bertz CT molecular complexity index is 366. The third-order valence-electron chi connectivity index (χ3n) is 3.25. The second kappa shape index (κ2) is 8.81. The van der Waals surface area contributed by atoms with Gasteiger partial charge < -0.3 is 14.8 Å². The zero-order valence-electron chi connectivity index (χ0n) is 12.7. The molecule has 0 heterocycles. The van der Waals surface area contributed by atoms with Gasteiger partial charge in [0.25, 0.3) is 0 Å². The van der Waals surface area contributed by atoms with Crippen molar-refractivity contribution in [3.05, 3.63) is 23.8 Å². The highest BCUT2D eigenvalue weighted by Crippen LogP contribution is 2.28. The van der Waals surface area contributed by atoms with E-state index in [1.807, 2.05) is 6.07 Å². The summed E-state index contributed by atoms with van der Waals surface area (Å²) in [6, 6.07) is 6.68. The van der Waals surface area contributed by atoms with Gasteiger partial charge in [-0.3, -0.25) is 0 Å². The van der Waals surface area contributed by atoms with E-state index < -0.39 is 0 Å². The van der Waals surface area contributed by atoms with Crippen molar-refractivity contribution in [2.75, 3.05) is 13.7 Å². The first-order chi connectivity index (χ1) is 9.21. The lowest BCUT2D eigenvalue weighted by atomic mass is 10.1. The van der Waals surface area contributed by atoms with E-state index in [-0.39, 0.29) is 0 Å². The van der Waals surface area contributed by atoms with E-state index in [2.05, 4.69) is 38.2 Å². The van der Waals surface area contributed by atoms with Crippen molar-refractivity contribution in [1.82, 2.24) is 5.32 Å². The molecule has 3 heteroatoms. The van der Waals surface area contributed by atoms with Crippen LogP contribution in [0, 0.1) is 0 Å². The van der Waals surface area contributed by atoms with Crippen molar-refractivity contribution in [2.24, 2.45) is 0 Å². The minimum Gasteiger partial charge on any atom is -0.493 e. The summed E-state index contributed by atoms with van der Waals surface area (Å²) in [6.45, 7) is 8.14. The summed E-state index contributed by atoms with van der Waals surface area (Å²) in [5, 5.41) is 3.48. The highest BCUT2D eigenvalue weighted by atomic mass is 16.5. The van der Waals surface area contributed by atoms with Crippen LogP contribution in [0.2, 0.25) is 0 Å². The molecule has 0 aliphatic rings. The highest BCUT2D eigenvalue weighted by molar-refractivity contribution is 5.42. The predicted molar refractivity (Wildman–Crippen MR) is 80.0 cm³/mol. The summed E-state index contributed by atoms with van der Waals surface area (Å²) in [7, 11) is 1.69. The lowest BCUT2D eigenvalue weighted by molar-refractivity contribution is 0.288. The second-order valence-corrected chi connectivity index (χ2v) is 4.88. The van der Waals surface area contributed by atoms with Crippen LogP contribution in [0.3, 0.4) is 0 Å². The van der Waals surface area contributed by atoms with Gasteiger partial charge in [0.1, 0.15) is 0 Å². The van der Waals surface area contributed by atoms with Crippen LogP contribution in [0.5, 0.6) is 11.5 Å². The van der Waals surface area contributed by atoms with Gasteiger partial charge in [-0.1, -0.05) is 26.3 Å². The van der Waals surface area contributed by atoms with Crippen molar-refractivity contribution < 1.29 is 9.47 Å². The highest BCUT2D eigenvalue weighted by Gasteiger charge is 2.06. The number of nitrogens with one attached hydrogen (secondary N) is 1. The van der Waals surface area contributed by atoms with Crippen LogP contribution in [-0.4, -0.2) is 19.8 Å². The molecule has 0 saturated heterocycles. The molecule has 1 rings (SSSR count). The molecule has 0 amide bonds. The Balaban J connectivity index is 2.61. The number of hydrogen-bond donors (Lipinski definition) is 1. The normalized spacial score (nSPS) is 12.2. The van der Waals surface area contributed by atoms with E-state index in [9.17, 15) is 0 Å². The molecule has 1 aromatic rings. The summed E-state index contributed by atoms with van der Waals surface area (Å²) in [5.41, 5.74) is 1.22. The molecule has 0 saturated carbocycles. The van der Waals surface area contributed by atoms with Crippen LogP contribution in [-0.2, 0) is 6.54 Å². The number of methoxy groups -OCH3 is 1. The van der Waals surface area contributed by atoms with Gasteiger partial charge >= 0.3 is 0 Å². The fourth-order valence-electron chi connectivity index (χ4n) is 1.70. The molecule has 3 nitrogen and oxygen atoms in total. The van der Waals surface area contributed by atoms with Gasteiger partial charge in [0.15, 0.2) is 11.5 Å². The summed E-state index contributed by atoms with van der Waals surface area (Å²) in [4.78, 5) is 0. The Labute approximate surface area is 117 Å². The predicted octanol–water partition coefficient (Wildman–Crippen LogP) is 3.76. The van der Waals surface area contributed by atoms with E-state index in [0.717, 1.165) is 43.9 Å². The molecule has 0 spiro atoms. The monoisotopic (exact) mass is 265 g/mol. The maximum absolute atomic E-state index is 5.72. The lowest BCUT2D eigenvalue weighted by Gasteiger charge is -2.14. The van der Waals surface area contributed by atoms with E-state index >= 15 is 0 Å².